The van der Waals surface area contributed by atoms with Crippen LogP contribution < -0.4 is 14.8 Å². The van der Waals surface area contributed by atoms with E-state index in [1.54, 1.807) is 38.5 Å². The van der Waals surface area contributed by atoms with Gasteiger partial charge in [-0.1, -0.05) is 6.07 Å². The molecule has 27 heavy (non-hydrogen) atoms. The van der Waals surface area contributed by atoms with E-state index < -0.39 is 23.8 Å². The Morgan fingerprint density at radius 2 is 1.74 bits per heavy atom. The summed E-state index contributed by atoms with van der Waals surface area (Å²) in [7, 11) is 3.09. The largest absolute Gasteiger partial charge is 0.497 e. The summed E-state index contributed by atoms with van der Waals surface area (Å²) in [5.74, 6) is -0.261. The minimum absolute atomic E-state index is 0.0912. The molecule has 1 N–H and O–H groups in total. The molecule has 0 fully saturated rings. The number of aryl methyl sites for hydroxylation is 1. The average Bonchev–Trinajstić information content (AvgIpc) is 2.66. The fourth-order valence-electron chi connectivity index (χ4n) is 2.38. The van der Waals surface area contributed by atoms with E-state index in [4.69, 9.17) is 14.2 Å². The monoisotopic (exact) mass is 375 g/mol. The predicted octanol–water partition coefficient (Wildman–Crippen LogP) is 3.35. The molecular weight excluding hydrogens is 353 g/mol. The summed E-state index contributed by atoms with van der Waals surface area (Å²) in [5.41, 5.74) is 1.14. The van der Waals surface area contributed by atoms with Crippen molar-refractivity contribution in [3.63, 3.8) is 0 Å². The van der Waals surface area contributed by atoms with Gasteiger partial charge in [-0.25, -0.2) is 4.39 Å². The first-order chi connectivity index (χ1) is 12.9. The molecule has 0 bridgehead atoms. The zero-order valence-electron chi connectivity index (χ0n) is 15.5. The van der Waals surface area contributed by atoms with Crippen LogP contribution in [0.2, 0.25) is 0 Å². The highest BCUT2D eigenvalue weighted by Crippen LogP contribution is 2.23. The Morgan fingerprint density at radius 3 is 2.33 bits per heavy atom. The van der Waals surface area contributed by atoms with Crippen LogP contribution in [0.5, 0.6) is 11.5 Å². The van der Waals surface area contributed by atoms with Gasteiger partial charge in [0.1, 0.15) is 17.3 Å². The molecule has 6 nitrogen and oxygen atoms in total. The third kappa shape index (κ3) is 6.29. The number of rotatable bonds is 8. The van der Waals surface area contributed by atoms with Gasteiger partial charge in [-0.2, -0.15) is 0 Å². The third-order valence-electron chi connectivity index (χ3n) is 3.80. The molecule has 1 amide bonds. The Morgan fingerprint density at radius 1 is 1.07 bits per heavy atom. The molecule has 0 heterocycles. The van der Waals surface area contributed by atoms with Crippen LogP contribution in [0.25, 0.3) is 0 Å². The van der Waals surface area contributed by atoms with Gasteiger partial charge in [-0.15, -0.1) is 0 Å². The number of amides is 1. The molecular formula is C20H22FNO5. The summed E-state index contributed by atoms with van der Waals surface area (Å²) >= 11 is 0. The Kier molecular flexibility index (Phi) is 7.16. The third-order valence-corrected chi connectivity index (χ3v) is 3.80. The van der Waals surface area contributed by atoms with Gasteiger partial charge in [-0.3, -0.25) is 9.59 Å². The number of anilines is 1. The van der Waals surface area contributed by atoms with Crippen LogP contribution in [0, 0.1) is 5.82 Å². The maximum atomic E-state index is 13.1. The van der Waals surface area contributed by atoms with E-state index in [2.05, 4.69) is 5.32 Å². The van der Waals surface area contributed by atoms with E-state index in [1.807, 2.05) is 0 Å². The van der Waals surface area contributed by atoms with Gasteiger partial charge < -0.3 is 19.5 Å². The van der Waals surface area contributed by atoms with Crippen LogP contribution in [0.15, 0.2) is 42.5 Å². The van der Waals surface area contributed by atoms with Crippen LogP contribution in [0.3, 0.4) is 0 Å². The zero-order valence-corrected chi connectivity index (χ0v) is 15.5. The zero-order chi connectivity index (χ0) is 19.8. The standard InChI is InChI=1S/C20H22FNO5/c1-13(20(24)22-16-6-4-5-15(21)11-16)27-19(23)8-7-14-9-17(25-2)12-18(10-14)26-3/h4-6,9-13H,7-8H2,1-3H3,(H,22,24). The summed E-state index contributed by atoms with van der Waals surface area (Å²) < 4.78 is 28.7. The first kappa shape index (κ1) is 20.2. The Hall–Kier alpha value is -3.09. The fraction of sp³-hybridized carbons (Fsp3) is 0.300. The summed E-state index contributed by atoms with van der Waals surface area (Å²) in [5, 5.41) is 2.50. The normalized spacial score (nSPS) is 11.4. The molecule has 0 radical (unpaired) electrons. The van der Waals surface area contributed by atoms with Gasteiger partial charge in [0.25, 0.3) is 5.91 Å². The molecule has 0 aliphatic carbocycles. The number of ether oxygens (including phenoxy) is 3. The Balaban J connectivity index is 1.86. The molecule has 0 aromatic heterocycles. The highest BCUT2D eigenvalue weighted by atomic mass is 19.1. The van der Waals surface area contributed by atoms with Crippen molar-refractivity contribution in [2.75, 3.05) is 19.5 Å². The highest BCUT2D eigenvalue weighted by Gasteiger charge is 2.18. The lowest BCUT2D eigenvalue weighted by molar-refractivity contribution is -0.153. The highest BCUT2D eigenvalue weighted by molar-refractivity contribution is 5.95. The summed E-state index contributed by atoms with van der Waals surface area (Å²) in [6.45, 7) is 1.46. The van der Waals surface area contributed by atoms with Gasteiger partial charge in [0, 0.05) is 18.2 Å². The second-order valence-electron chi connectivity index (χ2n) is 5.85. The van der Waals surface area contributed by atoms with Gasteiger partial charge in [0.2, 0.25) is 0 Å². The molecule has 0 spiro atoms. The van der Waals surface area contributed by atoms with Crippen molar-refractivity contribution >= 4 is 17.6 Å². The van der Waals surface area contributed by atoms with Crippen molar-refractivity contribution in [3.05, 3.63) is 53.8 Å². The smallest absolute Gasteiger partial charge is 0.306 e. The van der Waals surface area contributed by atoms with Gasteiger partial charge in [0.05, 0.1) is 14.2 Å². The second-order valence-corrected chi connectivity index (χ2v) is 5.85. The number of carbonyl (C=O) groups is 2. The topological polar surface area (TPSA) is 73.9 Å². The number of hydrogen-bond donors (Lipinski definition) is 1. The molecule has 0 saturated heterocycles. The van der Waals surface area contributed by atoms with E-state index in [9.17, 15) is 14.0 Å². The lowest BCUT2D eigenvalue weighted by atomic mass is 10.1. The lowest BCUT2D eigenvalue weighted by Gasteiger charge is -2.14. The van der Waals surface area contributed by atoms with Crippen molar-refractivity contribution < 1.29 is 28.2 Å². The van der Waals surface area contributed by atoms with Crippen LogP contribution in [0.4, 0.5) is 10.1 Å². The summed E-state index contributed by atoms with van der Waals surface area (Å²) in [4.78, 5) is 24.1. The number of benzene rings is 2. The molecule has 7 heteroatoms. The van der Waals surface area contributed by atoms with Crippen LogP contribution in [0.1, 0.15) is 18.9 Å². The van der Waals surface area contributed by atoms with E-state index in [-0.39, 0.29) is 6.42 Å². The van der Waals surface area contributed by atoms with Crippen LogP contribution in [-0.4, -0.2) is 32.2 Å². The quantitative estimate of drug-likeness (QED) is 0.717. The molecule has 0 aliphatic rings. The molecule has 1 unspecified atom stereocenters. The van der Waals surface area contributed by atoms with Crippen LogP contribution >= 0.6 is 0 Å². The van der Waals surface area contributed by atoms with E-state index in [0.29, 0.717) is 23.6 Å². The molecule has 0 aliphatic heterocycles. The maximum Gasteiger partial charge on any atom is 0.306 e. The van der Waals surface area contributed by atoms with Crippen molar-refractivity contribution in [1.29, 1.82) is 0 Å². The number of methoxy groups -OCH3 is 2. The number of carbonyl (C=O) groups excluding carboxylic acids is 2. The molecule has 0 saturated carbocycles. The average molecular weight is 375 g/mol. The van der Waals surface area contributed by atoms with E-state index in [1.165, 1.54) is 25.1 Å². The first-order valence-corrected chi connectivity index (χ1v) is 8.39. The SMILES string of the molecule is COc1cc(CCC(=O)OC(C)C(=O)Nc2cccc(F)c2)cc(OC)c1. The number of esters is 1. The summed E-state index contributed by atoms with van der Waals surface area (Å²) in [6.07, 6.45) is -0.501. The number of nitrogens with one attached hydrogen (secondary N) is 1. The minimum Gasteiger partial charge on any atom is -0.497 e. The molecule has 2 aromatic rings. The van der Waals surface area contributed by atoms with Gasteiger partial charge in [-0.05, 0) is 49.2 Å². The van der Waals surface area contributed by atoms with Crippen LogP contribution in [-0.2, 0) is 20.7 Å². The Labute approximate surface area is 157 Å². The lowest BCUT2D eigenvalue weighted by Crippen LogP contribution is -2.30. The molecule has 2 aromatic carbocycles. The second kappa shape index (κ2) is 9.56. The van der Waals surface area contributed by atoms with E-state index >= 15 is 0 Å². The number of halogens is 1. The van der Waals surface area contributed by atoms with E-state index in [0.717, 1.165) is 5.56 Å². The number of hydrogen-bond acceptors (Lipinski definition) is 5. The minimum atomic E-state index is -0.999. The van der Waals surface area contributed by atoms with Gasteiger partial charge in [0.15, 0.2) is 6.10 Å². The molecule has 144 valence electrons. The van der Waals surface area contributed by atoms with Crippen molar-refractivity contribution in [3.8, 4) is 11.5 Å². The molecule has 2 rings (SSSR count). The maximum absolute atomic E-state index is 13.1. The Bertz CT molecular complexity index is 786. The predicted molar refractivity (Wildman–Crippen MR) is 98.5 cm³/mol. The first-order valence-electron chi connectivity index (χ1n) is 8.39. The van der Waals surface area contributed by atoms with Gasteiger partial charge >= 0.3 is 5.97 Å². The molecule has 1 atom stereocenters. The fourth-order valence-corrected chi connectivity index (χ4v) is 2.38. The van der Waals surface area contributed by atoms with Crippen molar-refractivity contribution in [1.82, 2.24) is 0 Å². The summed E-state index contributed by atoms with van der Waals surface area (Å²) in [6, 6.07) is 10.8. The van der Waals surface area contributed by atoms with Crippen molar-refractivity contribution in [2.24, 2.45) is 0 Å². The van der Waals surface area contributed by atoms with Crippen molar-refractivity contribution in [2.45, 2.75) is 25.9 Å².